The highest BCUT2D eigenvalue weighted by atomic mass is 19.1. The van der Waals surface area contributed by atoms with Crippen LogP contribution in [0.2, 0.25) is 0 Å². The van der Waals surface area contributed by atoms with Gasteiger partial charge in [0.1, 0.15) is 12.1 Å². The van der Waals surface area contributed by atoms with Gasteiger partial charge in [0, 0.05) is 11.6 Å². The summed E-state index contributed by atoms with van der Waals surface area (Å²) < 4.78 is 16.3. The van der Waals surface area contributed by atoms with Crippen LogP contribution in [0.25, 0.3) is 27.9 Å². The Balaban J connectivity index is 1.70. The first kappa shape index (κ1) is 15.1. The van der Waals surface area contributed by atoms with E-state index in [0.717, 1.165) is 31.2 Å². The molecule has 0 unspecified atom stereocenters. The van der Waals surface area contributed by atoms with Crippen molar-refractivity contribution in [1.82, 2.24) is 29.4 Å². The number of rotatable bonds is 2. The minimum Gasteiger partial charge on any atom is -0.294 e. The van der Waals surface area contributed by atoms with E-state index < -0.39 is 0 Å². The molecule has 1 fully saturated rings. The van der Waals surface area contributed by atoms with Gasteiger partial charge in [-0.25, -0.2) is 9.37 Å². The van der Waals surface area contributed by atoms with Crippen LogP contribution in [0.1, 0.15) is 31.7 Å². The number of hydrogen-bond donors (Lipinski definition) is 0. The number of aromatic nitrogens is 6. The van der Waals surface area contributed by atoms with Crippen molar-refractivity contribution >= 4 is 16.8 Å². The fourth-order valence-electron chi connectivity index (χ4n) is 3.66. The zero-order valence-corrected chi connectivity index (χ0v) is 13.8. The fourth-order valence-corrected chi connectivity index (χ4v) is 3.66. The number of hydrogen-bond acceptors (Lipinski definition) is 5. The van der Waals surface area contributed by atoms with Gasteiger partial charge in [-0.15, -0.1) is 10.2 Å². The van der Waals surface area contributed by atoms with Crippen molar-refractivity contribution in [2.75, 3.05) is 0 Å². The van der Waals surface area contributed by atoms with Gasteiger partial charge >= 0.3 is 0 Å². The Morgan fingerprint density at radius 2 is 1.81 bits per heavy atom. The molecule has 1 aliphatic rings. The third-order valence-electron chi connectivity index (χ3n) is 5.02. The van der Waals surface area contributed by atoms with Crippen LogP contribution in [-0.2, 0) is 0 Å². The van der Waals surface area contributed by atoms with Crippen molar-refractivity contribution in [2.24, 2.45) is 0 Å². The Kier molecular flexibility index (Phi) is 3.31. The molecule has 0 saturated heterocycles. The first-order chi connectivity index (χ1) is 12.7. The summed E-state index contributed by atoms with van der Waals surface area (Å²) in [6, 6.07) is 6.26. The van der Waals surface area contributed by atoms with E-state index >= 15 is 0 Å². The summed E-state index contributed by atoms with van der Waals surface area (Å²) in [5, 5.41) is 12.7. The Hall–Kier alpha value is -3.16. The number of benzene rings is 1. The molecule has 7 nitrogen and oxygen atoms in total. The molecular formula is C18H15FN6O. The summed E-state index contributed by atoms with van der Waals surface area (Å²) in [7, 11) is 0. The minimum absolute atomic E-state index is 0.185. The summed E-state index contributed by atoms with van der Waals surface area (Å²) in [4.78, 5) is 17.2. The first-order valence-electron chi connectivity index (χ1n) is 8.59. The van der Waals surface area contributed by atoms with Crippen molar-refractivity contribution in [1.29, 1.82) is 0 Å². The van der Waals surface area contributed by atoms with Crippen LogP contribution < -0.4 is 5.56 Å². The summed E-state index contributed by atoms with van der Waals surface area (Å²) in [6.07, 6.45) is 7.43. The van der Waals surface area contributed by atoms with E-state index in [1.165, 1.54) is 16.6 Å². The van der Waals surface area contributed by atoms with E-state index in [4.69, 9.17) is 0 Å². The molecule has 0 atom stereocenters. The maximum atomic E-state index is 13.2. The van der Waals surface area contributed by atoms with Crippen LogP contribution >= 0.6 is 0 Å². The fraction of sp³-hybridized carbons (Fsp3) is 0.278. The Bertz CT molecular complexity index is 1170. The summed E-state index contributed by atoms with van der Waals surface area (Å²) in [5.74, 6) is -0.309. The third kappa shape index (κ3) is 2.22. The van der Waals surface area contributed by atoms with Gasteiger partial charge < -0.3 is 0 Å². The average Bonchev–Trinajstić information content (AvgIpc) is 3.32. The highest BCUT2D eigenvalue weighted by Crippen LogP contribution is 2.28. The SMILES string of the molecule is O=c1c2nnc3c(-c4ccc(F)cc4)cnn3c2ncn1C1CCCC1. The van der Waals surface area contributed by atoms with E-state index in [2.05, 4.69) is 20.3 Å². The monoisotopic (exact) mass is 350 g/mol. The Morgan fingerprint density at radius 1 is 1.04 bits per heavy atom. The minimum atomic E-state index is -0.309. The van der Waals surface area contributed by atoms with Crippen molar-refractivity contribution in [3.63, 3.8) is 0 Å². The molecule has 26 heavy (non-hydrogen) atoms. The molecule has 3 aromatic heterocycles. The molecule has 0 radical (unpaired) electrons. The number of fused-ring (bicyclic) bond motifs is 3. The highest BCUT2D eigenvalue weighted by molar-refractivity contribution is 5.80. The molecule has 0 amide bonds. The number of nitrogens with zero attached hydrogens (tertiary/aromatic N) is 6. The molecule has 4 aromatic rings. The van der Waals surface area contributed by atoms with E-state index in [-0.39, 0.29) is 22.9 Å². The standard InChI is InChI=1S/C18H15FN6O/c19-12-7-5-11(6-8-12)14-9-21-25-16(14)23-22-15-17(25)20-10-24(18(15)26)13-3-1-2-4-13/h5-10,13H,1-4H2. The molecule has 130 valence electrons. The van der Waals surface area contributed by atoms with Crippen LogP contribution in [-0.4, -0.2) is 29.4 Å². The van der Waals surface area contributed by atoms with Crippen LogP contribution in [0.3, 0.4) is 0 Å². The van der Waals surface area contributed by atoms with E-state index in [1.807, 2.05) is 0 Å². The van der Waals surface area contributed by atoms with Gasteiger partial charge in [-0.1, -0.05) is 25.0 Å². The zero-order chi connectivity index (χ0) is 17.7. The van der Waals surface area contributed by atoms with Crippen molar-refractivity contribution in [2.45, 2.75) is 31.7 Å². The molecule has 8 heteroatoms. The Morgan fingerprint density at radius 3 is 2.58 bits per heavy atom. The highest BCUT2D eigenvalue weighted by Gasteiger charge is 2.21. The van der Waals surface area contributed by atoms with Gasteiger partial charge in [0.15, 0.2) is 16.8 Å². The summed E-state index contributed by atoms with van der Waals surface area (Å²) in [6.45, 7) is 0. The lowest BCUT2D eigenvalue weighted by atomic mass is 10.1. The molecule has 1 aromatic carbocycles. The van der Waals surface area contributed by atoms with Gasteiger partial charge in [0.05, 0.1) is 6.20 Å². The quantitative estimate of drug-likeness (QED) is 0.555. The third-order valence-corrected chi connectivity index (χ3v) is 5.02. The summed E-state index contributed by atoms with van der Waals surface area (Å²) >= 11 is 0. The molecule has 3 heterocycles. The van der Waals surface area contributed by atoms with Crippen LogP contribution in [0, 0.1) is 5.82 Å². The molecule has 5 rings (SSSR count). The molecule has 0 N–H and O–H groups in total. The Labute approximate surface area is 147 Å². The predicted octanol–water partition coefficient (Wildman–Crippen LogP) is 2.76. The first-order valence-corrected chi connectivity index (χ1v) is 8.59. The maximum absolute atomic E-state index is 13.2. The second-order valence-corrected chi connectivity index (χ2v) is 6.57. The number of halogens is 1. The van der Waals surface area contributed by atoms with Crippen molar-refractivity contribution < 1.29 is 4.39 Å². The van der Waals surface area contributed by atoms with E-state index in [1.54, 1.807) is 29.2 Å². The van der Waals surface area contributed by atoms with Crippen LogP contribution in [0.5, 0.6) is 0 Å². The van der Waals surface area contributed by atoms with E-state index in [9.17, 15) is 9.18 Å². The molecular weight excluding hydrogens is 335 g/mol. The smallest absolute Gasteiger partial charge is 0.283 e. The topological polar surface area (TPSA) is 78.0 Å². The van der Waals surface area contributed by atoms with Gasteiger partial charge in [-0.2, -0.15) is 9.61 Å². The molecule has 1 aliphatic carbocycles. The van der Waals surface area contributed by atoms with Crippen LogP contribution in [0.4, 0.5) is 4.39 Å². The summed E-state index contributed by atoms with van der Waals surface area (Å²) in [5.41, 5.74) is 2.36. The lowest BCUT2D eigenvalue weighted by Crippen LogP contribution is -2.25. The largest absolute Gasteiger partial charge is 0.294 e. The molecule has 0 bridgehead atoms. The van der Waals surface area contributed by atoms with Gasteiger partial charge in [-0.05, 0) is 30.5 Å². The average molecular weight is 350 g/mol. The van der Waals surface area contributed by atoms with Gasteiger partial charge in [0.2, 0.25) is 0 Å². The second-order valence-electron chi connectivity index (χ2n) is 6.57. The maximum Gasteiger partial charge on any atom is 0.283 e. The predicted molar refractivity (Wildman–Crippen MR) is 93.2 cm³/mol. The molecule has 1 saturated carbocycles. The molecule has 0 spiro atoms. The van der Waals surface area contributed by atoms with Gasteiger partial charge in [-0.3, -0.25) is 9.36 Å². The van der Waals surface area contributed by atoms with E-state index in [0.29, 0.717) is 16.9 Å². The van der Waals surface area contributed by atoms with Gasteiger partial charge in [0.25, 0.3) is 5.56 Å². The lowest BCUT2D eigenvalue weighted by molar-refractivity contribution is 0.497. The van der Waals surface area contributed by atoms with Crippen LogP contribution in [0.15, 0.2) is 41.6 Å². The zero-order valence-electron chi connectivity index (χ0n) is 13.8. The normalized spacial score (nSPS) is 15.3. The lowest BCUT2D eigenvalue weighted by Gasteiger charge is -2.12. The molecule has 0 aliphatic heterocycles. The second kappa shape index (κ2) is 5.69. The van der Waals surface area contributed by atoms with Crippen molar-refractivity contribution in [3.05, 3.63) is 53.0 Å². The van der Waals surface area contributed by atoms with Crippen molar-refractivity contribution in [3.8, 4) is 11.1 Å².